The number of nitrogens with one attached hydrogen (secondary N) is 1. The van der Waals surface area contributed by atoms with E-state index in [9.17, 15) is 0 Å². The maximum Gasteiger partial charge on any atom is 0.124 e. The Kier molecular flexibility index (Phi) is 5.90. The molecule has 2 heteroatoms. The summed E-state index contributed by atoms with van der Waals surface area (Å²) in [6, 6.07) is 9.10. The van der Waals surface area contributed by atoms with Crippen LogP contribution in [0, 0.1) is 5.92 Å². The van der Waals surface area contributed by atoms with Crippen LogP contribution in [-0.4, -0.2) is 12.1 Å². The van der Waals surface area contributed by atoms with E-state index in [1.165, 1.54) is 31.2 Å². The standard InChI is InChI=1S/C18H29NO/c1-4-15(3)20-18-11-6-5-9-16(18)13-19-17-10-7-8-14(2)12-17/h5-6,9,11,14-15,17,19H,4,7-8,10,12-13H2,1-3H3. The molecule has 2 nitrogen and oxygen atoms in total. The van der Waals surface area contributed by atoms with E-state index in [4.69, 9.17) is 4.74 Å². The van der Waals surface area contributed by atoms with Gasteiger partial charge in [0.15, 0.2) is 0 Å². The average Bonchev–Trinajstić information content (AvgIpc) is 2.46. The number of para-hydroxylation sites is 1. The fraction of sp³-hybridized carbons (Fsp3) is 0.667. The maximum absolute atomic E-state index is 6.02. The fourth-order valence-corrected chi connectivity index (χ4v) is 2.94. The van der Waals surface area contributed by atoms with Gasteiger partial charge in [-0.3, -0.25) is 0 Å². The number of benzene rings is 1. The van der Waals surface area contributed by atoms with E-state index in [2.05, 4.69) is 50.4 Å². The Hall–Kier alpha value is -1.02. The smallest absolute Gasteiger partial charge is 0.124 e. The summed E-state index contributed by atoms with van der Waals surface area (Å²) in [7, 11) is 0. The van der Waals surface area contributed by atoms with Gasteiger partial charge < -0.3 is 10.1 Å². The van der Waals surface area contributed by atoms with E-state index in [1.54, 1.807) is 0 Å². The van der Waals surface area contributed by atoms with Gasteiger partial charge in [-0.05, 0) is 38.2 Å². The topological polar surface area (TPSA) is 21.3 Å². The van der Waals surface area contributed by atoms with E-state index in [0.29, 0.717) is 6.04 Å². The van der Waals surface area contributed by atoms with Crippen molar-refractivity contribution in [3.8, 4) is 5.75 Å². The Morgan fingerprint density at radius 3 is 2.85 bits per heavy atom. The molecular weight excluding hydrogens is 246 g/mol. The van der Waals surface area contributed by atoms with Crippen molar-refractivity contribution in [2.75, 3.05) is 0 Å². The second-order valence-electron chi connectivity index (χ2n) is 6.29. The molecule has 1 N–H and O–H groups in total. The Labute approximate surface area is 123 Å². The van der Waals surface area contributed by atoms with Crippen LogP contribution in [0.5, 0.6) is 5.75 Å². The van der Waals surface area contributed by atoms with Crippen molar-refractivity contribution in [3.05, 3.63) is 29.8 Å². The molecule has 0 radical (unpaired) electrons. The molecule has 1 aromatic carbocycles. The Balaban J connectivity index is 1.91. The van der Waals surface area contributed by atoms with Crippen LogP contribution in [0.2, 0.25) is 0 Å². The lowest BCUT2D eigenvalue weighted by atomic mass is 9.87. The van der Waals surface area contributed by atoms with Gasteiger partial charge in [0, 0.05) is 18.2 Å². The van der Waals surface area contributed by atoms with Crippen LogP contribution >= 0.6 is 0 Å². The molecule has 3 atom stereocenters. The highest BCUT2D eigenvalue weighted by atomic mass is 16.5. The Bertz CT molecular complexity index is 404. The highest BCUT2D eigenvalue weighted by Crippen LogP contribution is 2.25. The Morgan fingerprint density at radius 1 is 1.30 bits per heavy atom. The van der Waals surface area contributed by atoms with Gasteiger partial charge in [-0.1, -0.05) is 44.9 Å². The third-order valence-electron chi connectivity index (χ3n) is 4.39. The minimum Gasteiger partial charge on any atom is -0.490 e. The third-order valence-corrected chi connectivity index (χ3v) is 4.39. The zero-order valence-electron chi connectivity index (χ0n) is 13.2. The van der Waals surface area contributed by atoms with Gasteiger partial charge in [-0.25, -0.2) is 0 Å². The summed E-state index contributed by atoms with van der Waals surface area (Å²) in [4.78, 5) is 0. The van der Waals surface area contributed by atoms with Crippen molar-refractivity contribution in [2.24, 2.45) is 5.92 Å². The number of hydrogen-bond acceptors (Lipinski definition) is 2. The van der Waals surface area contributed by atoms with Crippen molar-refractivity contribution in [2.45, 2.75) is 71.6 Å². The first-order valence-corrected chi connectivity index (χ1v) is 8.17. The van der Waals surface area contributed by atoms with E-state index >= 15 is 0 Å². The molecule has 1 aliphatic rings. The molecule has 1 aliphatic carbocycles. The number of ether oxygens (including phenoxy) is 1. The van der Waals surface area contributed by atoms with Crippen molar-refractivity contribution >= 4 is 0 Å². The van der Waals surface area contributed by atoms with Gasteiger partial charge in [0.05, 0.1) is 6.10 Å². The minimum absolute atomic E-state index is 0.283. The van der Waals surface area contributed by atoms with Crippen molar-refractivity contribution < 1.29 is 4.74 Å². The highest BCUT2D eigenvalue weighted by molar-refractivity contribution is 5.33. The summed E-state index contributed by atoms with van der Waals surface area (Å²) in [5.74, 6) is 1.91. The molecule has 0 bridgehead atoms. The van der Waals surface area contributed by atoms with Crippen molar-refractivity contribution in [3.63, 3.8) is 0 Å². The zero-order valence-corrected chi connectivity index (χ0v) is 13.2. The van der Waals surface area contributed by atoms with Gasteiger partial charge in [-0.2, -0.15) is 0 Å². The molecule has 2 rings (SSSR count). The summed E-state index contributed by atoms with van der Waals surface area (Å²) >= 11 is 0. The second kappa shape index (κ2) is 7.68. The summed E-state index contributed by atoms with van der Waals surface area (Å²) in [6.07, 6.45) is 6.72. The van der Waals surface area contributed by atoms with Crippen LogP contribution in [-0.2, 0) is 6.54 Å². The highest BCUT2D eigenvalue weighted by Gasteiger charge is 2.18. The van der Waals surface area contributed by atoms with Crippen LogP contribution in [0.3, 0.4) is 0 Å². The maximum atomic E-state index is 6.02. The number of hydrogen-bond donors (Lipinski definition) is 1. The van der Waals surface area contributed by atoms with Gasteiger partial charge in [-0.15, -0.1) is 0 Å². The molecular formula is C18H29NO. The Morgan fingerprint density at radius 2 is 2.10 bits per heavy atom. The van der Waals surface area contributed by atoms with Gasteiger partial charge in [0.2, 0.25) is 0 Å². The molecule has 0 amide bonds. The SMILES string of the molecule is CCC(C)Oc1ccccc1CNC1CCCC(C)C1. The van der Waals surface area contributed by atoms with Crippen molar-refractivity contribution in [1.82, 2.24) is 5.32 Å². The lowest BCUT2D eigenvalue weighted by Gasteiger charge is -2.28. The largest absolute Gasteiger partial charge is 0.490 e. The first kappa shape index (κ1) is 15.4. The fourth-order valence-electron chi connectivity index (χ4n) is 2.94. The average molecular weight is 275 g/mol. The molecule has 3 unspecified atom stereocenters. The molecule has 1 aromatic rings. The quantitative estimate of drug-likeness (QED) is 0.823. The van der Waals surface area contributed by atoms with Gasteiger partial charge in [0.1, 0.15) is 5.75 Å². The van der Waals surface area contributed by atoms with Gasteiger partial charge >= 0.3 is 0 Å². The van der Waals surface area contributed by atoms with Crippen LogP contribution in [0.15, 0.2) is 24.3 Å². The minimum atomic E-state index is 0.283. The molecule has 0 saturated heterocycles. The molecule has 112 valence electrons. The van der Waals surface area contributed by atoms with E-state index in [1.807, 2.05) is 0 Å². The molecule has 0 spiro atoms. The summed E-state index contributed by atoms with van der Waals surface area (Å²) < 4.78 is 6.02. The van der Waals surface area contributed by atoms with Gasteiger partial charge in [0.25, 0.3) is 0 Å². The van der Waals surface area contributed by atoms with Crippen LogP contribution in [0.4, 0.5) is 0 Å². The predicted octanol–water partition coefficient (Wildman–Crippen LogP) is 4.53. The molecule has 0 aliphatic heterocycles. The van der Waals surface area contributed by atoms with Crippen LogP contribution < -0.4 is 10.1 Å². The molecule has 1 fully saturated rings. The molecule has 0 heterocycles. The molecule has 0 aromatic heterocycles. The summed E-state index contributed by atoms with van der Waals surface area (Å²) in [5.41, 5.74) is 1.28. The first-order valence-electron chi connectivity index (χ1n) is 8.17. The van der Waals surface area contributed by atoms with Crippen LogP contribution in [0.1, 0.15) is 58.4 Å². The predicted molar refractivity (Wildman–Crippen MR) is 85.1 cm³/mol. The van der Waals surface area contributed by atoms with E-state index < -0.39 is 0 Å². The molecule has 1 saturated carbocycles. The van der Waals surface area contributed by atoms with E-state index in [0.717, 1.165) is 24.6 Å². The zero-order chi connectivity index (χ0) is 14.4. The normalized spacial score (nSPS) is 24.4. The second-order valence-corrected chi connectivity index (χ2v) is 6.29. The summed E-state index contributed by atoms with van der Waals surface area (Å²) in [5, 5.41) is 3.72. The lowest BCUT2D eigenvalue weighted by Crippen LogP contribution is -2.33. The molecule has 20 heavy (non-hydrogen) atoms. The lowest BCUT2D eigenvalue weighted by molar-refractivity contribution is 0.214. The summed E-state index contributed by atoms with van der Waals surface area (Å²) in [6.45, 7) is 7.58. The monoisotopic (exact) mass is 275 g/mol. The first-order chi connectivity index (χ1) is 9.69. The number of rotatable bonds is 6. The van der Waals surface area contributed by atoms with Crippen molar-refractivity contribution in [1.29, 1.82) is 0 Å². The third kappa shape index (κ3) is 4.52. The van der Waals surface area contributed by atoms with Crippen LogP contribution in [0.25, 0.3) is 0 Å². The van der Waals surface area contributed by atoms with E-state index in [-0.39, 0.29) is 6.10 Å².